The Morgan fingerprint density at radius 3 is 2.62 bits per heavy atom. The van der Waals surface area contributed by atoms with Crippen LogP contribution in [0, 0.1) is 0 Å². The number of hydrogen-bond donors (Lipinski definition) is 2. The van der Waals surface area contributed by atoms with E-state index in [0.29, 0.717) is 6.42 Å². The molecule has 1 aromatic carbocycles. The summed E-state index contributed by atoms with van der Waals surface area (Å²) in [4.78, 5) is 14.1. The van der Waals surface area contributed by atoms with Crippen molar-refractivity contribution < 1.29 is 9.53 Å². The van der Waals surface area contributed by atoms with Gasteiger partial charge in [0.2, 0.25) is 5.91 Å². The van der Waals surface area contributed by atoms with Gasteiger partial charge in [-0.3, -0.25) is 4.79 Å². The summed E-state index contributed by atoms with van der Waals surface area (Å²) in [5.41, 5.74) is 7.69. The van der Waals surface area contributed by atoms with Gasteiger partial charge in [-0.1, -0.05) is 0 Å². The van der Waals surface area contributed by atoms with Crippen LogP contribution in [0.4, 0.5) is 11.4 Å². The molecule has 0 bridgehead atoms. The lowest BCUT2D eigenvalue weighted by atomic mass is 10.1. The molecule has 1 aromatic rings. The average molecular weight is 291 g/mol. The van der Waals surface area contributed by atoms with Gasteiger partial charge < -0.3 is 20.7 Å². The second kappa shape index (κ2) is 8.00. The SMILES string of the molecule is CC(N)CCCC(=O)Nc1ccc(N2CCOCC2)cc1. The van der Waals surface area contributed by atoms with E-state index < -0.39 is 0 Å². The fourth-order valence-electron chi connectivity index (χ4n) is 2.39. The highest BCUT2D eigenvalue weighted by atomic mass is 16.5. The van der Waals surface area contributed by atoms with E-state index >= 15 is 0 Å². The predicted octanol–water partition coefficient (Wildman–Crippen LogP) is 1.98. The molecule has 5 heteroatoms. The van der Waals surface area contributed by atoms with Gasteiger partial charge >= 0.3 is 0 Å². The Balaban J connectivity index is 1.80. The summed E-state index contributed by atoms with van der Waals surface area (Å²) in [6, 6.07) is 8.15. The second-order valence-electron chi connectivity index (χ2n) is 5.56. The summed E-state index contributed by atoms with van der Waals surface area (Å²) in [5, 5.41) is 2.92. The largest absolute Gasteiger partial charge is 0.378 e. The lowest BCUT2D eigenvalue weighted by Gasteiger charge is -2.28. The molecule has 1 aliphatic rings. The fraction of sp³-hybridized carbons (Fsp3) is 0.562. The van der Waals surface area contributed by atoms with Gasteiger partial charge in [-0.05, 0) is 44.0 Å². The number of morpholine rings is 1. The molecule has 3 N–H and O–H groups in total. The molecule has 0 aliphatic carbocycles. The molecule has 0 spiro atoms. The van der Waals surface area contributed by atoms with Crippen molar-refractivity contribution in [1.29, 1.82) is 0 Å². The fourth-order valence-corrected chi connectivity index (χ4v) is 2.39. The Morgan fingerprint density at radius 1 is 1.33 bits per heavy atom. The van der Waals surface area contributed by atoms with Crippen LogP contribution < -0.4 is 16.0 Å². The molecular weight excluding hydrogens is 266 g/mol. The molecule has 21 heavy (non-hydrogen) atoms. The van der Waals surface area contributed by atoms with E-state index in [9.17, 15) is 4.79 Å². The molecule has 1 saturated heterocycles. The van der Waals surface area contributed by atoms with Crippen molar-refractivity contribution >= 4 is 17.3 Å². The van der Waals surface area contributed by atoms with E-state index in [4.69, 9.17) is 10.5 Å². The van der Waals surface area contributed by atoms with E-state index in [1.165, 1.54) is 5.69 Å². The zero-order valence-corrected chi connectivity index (χ0v) is 12.7. The number of carbonyl (C=O) groups is 1. The number of ether oxygens (including phenoxy) is 1. The quantitative estimate of drug-likeness (QED) is 0.841. The summed E-state index contributed by atoms with van der Waals surface area (Å²) in [7, 11) is 0. The Kier molecular flexibility index (Phi) is 6.02. The van der Waals surface area contributed by atoms with E-state index in [1.807, 2.05) is 31.2 Å². The summed E-state index contributed by atoms with van der Waals surface area (Å²) < 4.78 is 5.34. The number of amides is 1. The van der Waals surface area contributed by atoms with Crippen LogP contribution in [0.1, 0.15) is 26.2 Å². The van der Waals surface area contributed by atoms with Crippen molar-refractivity contribution in [1.82, 2.24) is 0 Å². The molecule has 0 aromatic heterocycles. The van der Waals surface area contributed by atoms with Crippen LogP contribution >= 0.6 is 0 Å². The first-order chi connectivity index (χ1) is 10.1. The first kappa shape index (κ1) is 15.8. The minimum absolute atomic E-state index is 0.0507. The molecule has 1 atom stereocenters. The Hall–Kier alpha value is -1.59. The maximum absolute atomic E-state index is 11.8. The van der Waals surface area contributed by atoms with Crippen molar-refractivity contribution in [2.24, 2.45) is 5.73 Å². The lowest BCUT2D eigenvalue weighted by molar-refractivity contribution is -0.116. The first-order valence-corrected chi connectivity index (χ1v) is 7.63. The standard InChI is InChI=1S/C16H25N3O2/c1-13(17)3-2-4-16(20)18-14-5-7-15(8-6-14)19-9-11-21-12-10-19/h5-8,13H,2-4,9-12,17H2,1H3,(H,18,20). The summed E-state index contributed by atoms with van der Waals surface area (Å²) in [6.07, 6.45) is 2.23. The number of nitrogens with two attached hydrogens (primary N) is 1. The monoisotopic (exact) mass is 291 g/mol. The Morgan fingerprint density at radius 2 is 2.00 bits per heavy atom. The normalized spacial score (nSPS) is 16.6. The summed E-state index contributed by atoms with van der Waals surface area (Å²) in [6.45, 7) is 5.35. The van der Waals surface area contributed by atoms with Crippen molar-refractivity contribution in [2.45, 2.75) is 32.2 Å². The van der Waals surface area contributed by atoms with E-state index in [0.717, 1.165) is 44.8 Å². The van der Waals surface area contributed by atoms with Crippen molar-refractivity contribution in [2.75, 3.05) is 36.5 Å². The smallest absolute Gasteiger partial charge is 0.224 e. The van der Waals surface area contributed by atoms with Gasteiger partial charge in [-0.25, -0.2) is 0 Å². The zero-order valence-electron chi connectivity index (χ0n) is 12.7. The van der Waals surface area contributed by atoms with Gasteiger partial charge in [-0.15, -0.1) is 0 Å². The van der Waals surface area contributed by atoms with Crippen LogP contribution in [0.15, 0.2) is 24.3 Å². The second-order valence-corrected chi connectivity index (χ2v) is 5.56. The molecule has 1 fully saturated rings. The molecule has 1 unspecified atom stereocenters. The molecule has 5 nitrogen and oxygen atoms in total. The van der Waals surface area contributed by atoms with Gasteiger partial charge in [0.05, 0.1) is 13.2 Å². The zero-order chi connectivity index (χ0) is 15.1. The van der Waals surface area contributed by atoms with Gasteiger partial charge in [0.25, 0.3) is 0 Å². The van der Waals surface area contributed by atoms with Crippen LogP contribution in [0.25, 0.3) is 0 Å². The third kappa shape index (κ3) is 5.36. The van der Waals surface area contributed by atoms with Crippen LogP contribution in [0.3, 0.4) is 0 Å². The predicted molar refractivity (Wildman–Crippen MR) is 85.6 cm³/mol. The highest BCUT2D eigenvalue weighted by Crippen LogP contribution is 2.19. The lowest BCUT2D eigenvalue weighted by Crippen LogP contribution is -2.36. The topological polar surface area (TPSA) is 67.6 Å². The number of carbonyl (C=O) groups excluding carboxylic acids is 1. The molecule has 0 saturated carbocycles. The van der Waals surface area contributed by atoms with Gasteiger partial charge in [0.15, 0.2) is 0 Å². The van der Waals surface area contributed by atoms with Crippen LogP contribution in [-0.2, 0) is 9.53 Å². The van der Waals surface area contributed by atoms with Gasteiger partial charge in [0, 0.05) is 36.9 Å². The molecule has 1 amide bonds. The molecule has 1 aliphatic heterocycles. The molecule has 1 heterocycles. The molecule has 116 valence electrons. The third-order valence-corrected chi connectivity index (χ3v) is 3.59. The van der Waals surface area contributed by atoms with Gasteiger partial charge in [0.1, 0.15) is 0 Å². The third-order valence-electron chi connectivity index (χ3n) is 3.59. The van der Waals surface area contributed by atoms with Crippen molar-refractivity contribution in [3.63, 3.8) is 0 Å². The number of hydrogen-bond acceptors (Lipinski definition) is 4. The highest BCUT2D eigenvalue weighted by Gasteiger charge is 2.11. The van der Waals surface area contributed by atoms with Crippen LogP contribution in [0.5, 0.6) is 0 Å². The maximum Gasteiger partial charge on any atom is 0.224 e. The molecule has 2 rings (SSSR count). The number of rotatable bonds is 6. The molecule has 0 radical (unpaired) electrons. The first-order valence-electron chi connectivity index (χ1n) is 7.63. The minimum Gasteiger partial charge on any atom is -0.378 e. The number of benzene rings is 1. The summed E-state index contributed by atoms with van der Waals surface area (Å²) in [5.74, 6) is 0.0507. The maximum atomic E-state index is 11.8. The minimum atomic E-state index is 0.0507. The Labute approximate surface area is 126 Å². The van der Waals surface area contributed by atoms with E-state index in [-0.39, 0.29) is 11.9 Å². The molecular formula is C16H25N3O2. The van der Waals surface area contributed by atoms with Crippen LogP contribution in [0.2, 0.25) is 0 Å². The number of anilines is 2. The number of nitrogens with zero attached hydrogens (tertiary/aromatic N) is 1. The van der Waals surface area contributed by atoms with E-state index in [2.05, 4.69) is 10.2 Å². The van der Waals surface area contributed by atoms with Crippen LogP contribution in [-0.4, -0.2) is 38.3 Å². The number of nitrogens with one attached hydrogen (secondary N) is 1. The highest BCUT2D eigenvalue weighted by molar-refractivity contribution is 5.90. The Bertz CT molecular complexity index is 439. The average Bonchev–Trinajstić information content (AvgIpc) is 2.48. The van der Waals surface area contributed by atoms with Crippen molar-refractivity contribution in [3.05, 3.63) is 24.3 Å². The van der Waals surface area contributed by atoms with E-state index in [1.54, 1.807) is 0 Å². The van der Waals surface area contributed by atoms with Crippen molar-refractivity contribution in [3.8, 4) is 0 Å². The van der Waals surface area contributed by atoms with Gasteiger partial charge in [-0.2, -0.15) is 0 Å². The summed E-state index contributed by atoms with van der Waals surface area (Å²) >= 11 is 0.